The molecule has 1 spiro atoms. The lowest BCUT2D eigenvalue weighted by Gasteiger charge is -2.51. The molecule has 0 N–H and O–H groups in total. The molecule has 1 aromatic carbocycles. The highest BCUT2D eigenvalue weighted by Gasteiger charge is 2.56. The third-order valence-corrected chi connectivity index (χ3v) is 5.98. The topological polar surface area (TPSA) is 9.23 Å². The first kappa shape index (κ1) is 12.7. The molecule has 0 heterocycles. The molecule has 2 atom stereocenters. The summed E-state index contributed by atoms with van der Waals surface area (Å²) in [6.45, 7) is 0. The molecule has 1 nitrogen and oxygen atoms in total. The van der Waals surface area contributed by atoms with Gasteiger partial charge in [-0.2, -0.15) is 0 Å². The lowest BCUT2D eigenvalue weighted by atomic mass is 9.64. The molecular weight excluding hydrogens is 319 g/mol. The molecule has 0 bridgehead atoms. The van der Waals surface area contributed by atoms with E-state index in [4.69, 9.17) is 16.3 Å². The first-order chi connectivity index (χ1) is 8.63. The summed E-state index contributed by atoms with van der Waals surface area (Å²) in [5.74, 6) is -0.150. The fraction of sp³-hybridized carbons (Fsp3) is 0.571. The van der Waals surface area contributed by atoms with Crippen molar-refractivity contribution >= 4 is 27.5 Å². The normalized spacial score (nSPS) is 29.3. The SMILES string of the molecule is Fc1c(Cl)cccc1OC1CC(Br)C12CCCC2. The number of benzene rings is 1. The minimum Gasteiger partial charge on any atom is -0.487 e. The summed E-state index contributed by atoms with van der Waals surface area (Å²) < 4.78 is 19.7. The highest BCUT2D eigenvalue weighted by molar-refractivity contribution is 9.09. The second-order valence-corrected chi connectivity index (χ2v) is 6.81. The summed E-state index contributed by atoms with van der Waals surface area (Å²) in [6, 6.07) is 4.93. The summed E-state index contributed by atoms with van der Waals surface area (Å²) in [5.41, 5.74) is 0.217. The minimum absolute atomic E-state index is 0.123. The van der Waals surface area contributed by atoms with E-state index < -0.39 is 5.82 Å². The number of ether oxygens (including phenoxy) is 1. The Morgan fingerprint density at radius 3 is 2.72 bits per heavy atom. The number of hydrogen-bond donors (Lipinski definition) is 0. The number of rotatable bonds is 2. The van der Waals surface area contributed by atoms with E-state index >= 15 is 0 Å². The smallest absolute Gasteiger partial charge is 0.183 e. The van der Waals surface area contributed by atoms with Crippen LogP contribution in [-0.2, 0) is 0 Å². The Bertz CT molecular complexity index is 459. The molecule has 0 saturated heterocycles. The standard InChI is InChI=1S/C14H15BrClFO/c15-11-8-12(14(11)6-1-2-7-14)18-10-5-3-4-9(16)13(10)17/h3-5,11-12H,1-2,6-8H2. The van der Waals surface area contributed by atoms with E-state index in [1.807, 2.05) is 0 Å². The largest absolute Gasteiger partial charge is 0.487 e. The Hall–Kier alpha value is -0.280. The van der Waals surface area contributed by atoms with E-state index in [0.717, 1.165) is 6.42 Å². The van der Waals surface area contributed by atoms with Crippen molar-refractivity contribution in [2.45, 2.75) is 43.0 Å². The van der Waals surface area contributed by atoms with Gasteiger partial charge < -0.3 is 4.74 Å². The fourth-order valence-corrected chi connectivity index (χ4v) is 4.52. The molecule has 0 aliphatic heterocycles. The van der Waals surface area contributed by atoms with Crippen molar-refractivity contribution in [2.75, 3.05) is 0 Å². The van der Waals surface area contributed by atoms with Gasteiger partial charge in [0.2, 0.25) is 0 Å². The Kier molecular flexibility index (Phi) is 3.31. The predicted octanol–water partition coefficient (Wildman–Crippen LogP) is 4.95. The molecule has 0 amide bonds. The third-order valence-electron chi connectivity index (χ3n) is 4.41. The monoisotopic (exact) mass is 332 g/mol. The average molecular weight is 334 g/mol. The fourth-order valence-electron chi connectivity index (χ4n) is 3.26. The van der Waals surface area contributed by atoms with Crippen LogP contribution < -0.4 is 4.74 Å². The van der Waals surface area contributed by atoms with Crippen molar-refractivity contribution in [3.8, 4) is 5.75 Å². The highest BCUT2D eigenvalue weighted by atomic mass is 79.9. The molecule has 98 valence electrons. The van der Waals surface area contributed by atoms with Crippen molar-refractivity contribution in [3.05, 3.63) is 29.0 Å². The second-order valence-electron chi connectivity index (χ2n) is 5.30. The summed E-state index contributed by atoms with van der Waals surface area (Å²) in [4.78, 5) is 0.514. The van der Waals surface area contributed by atoms with Crippen LogP contribution in [0.1, 0.15) is 32.1 Å². The highest BCUT2D eigenvalue weighted by Crippen LogP contribution is 2.57. The molecule has 2 saturated carbocycles. The maximum atomic E-state index is 13.8. The lowest BCUT2D eigenvalue weighted by Crippen LogP contribution is -2.55. The number of alkyl halides is 1. The van der Waals surface area contributed by atoms with E-state index in [0.29, 0.717) is 4.83 Å². The first-order valence-corrected chi connectivity index (χ1v) is 7.67. The van der Waals surface area contributed by atoms with Gasteiger partial charge in [-0.3, -0.25) is 0 Å². The summed E-state index contributed by atoms with van der Waals surface area (Å²) in [5, 5.41) is 0.127. The van der Waals surface area contributed by atoms with Gasteiger partial charge in [0.25, 0.3) is 0 Å². The van der Waals surface area contributed by atoms with E-state index in [1.165, 1.54) is 25.7 Å². The van der Waals surface area contributed by atoms with Gasteiger partial charge in [-0.1, -0.05) is 46.4 Å². The van der Waals surface area contributed by atoms with Gasteiger partial charge in [0.15, 0.2) is 11.6 Å². The van der Waals surface area contributed by atoms with E-state index in [1.54, 1.807) is 18.2 Å². The Balaban J connectivity index is 1.79. The van der Waals surface area contributed by atoms with Crippen LogP contribution in [0.2, 0.25) is 5.02 Å². The van der Waals surface area contributed by atoms with Crippen LogP contribution in [0.4, 0.5) is 4.39 Å². The van der Waals surface area contributed by atoms with Gasteiger partial charge in [-0.25, -0.2) is 4.39 Å². The maximum absolute atomic E-state index is 13.8. The first-order valence-electron chi connectivity index (χ1n) is 6.38. The number of halogens is 3. The number of hydrogen-bond acceptors (Lipinski definition) is 1. The molecule has 0 aromatic heterocycles. The van der Waals surface area contributed by atoms with Crippen LogP contribution in [0.25, 0.3) is 0 Å². The van der Waals surface area contributed by atoms with Crippen LogP contribution in [-0.4, -0.2) is 10.9 Å². The molecule has 0 radical (unpaired) electrons. The molecule has 2 aliphatic carbocycles. The summed E-state index contributed by atoms with van der Waals surface area (Å²) in [6.07, 6.45) is 5.93. The molecule has 2 unspecified atom stereocenters. The molecule has 4 heteroatoms. The van der Waals surface area contributed by atoms with Crippen LogP contribution in [0.3, 0.4) is 0 Å². The van der Waals surface area contributed by atoms with Crippen LogP contribution in [0.15, 0.2) is 18.2 Å². The van der Waals surface area contributed by atoms with Gasteiger partial charge in [0.1, 0.15) is 6.10 Å². The van der Waals surface area contributed by atoms with Gasteiger partial charge >= 0.3 is 0 Å². The van der Waals surface area contributed by atoms with Crippen LogP contribution in [0.5, 0.6) is 5.75 Å². The molecule has 2 fully saturated rings. The summed E-state index contributed by atoms with van der Waals surface area (Å²) in [7, 11) is 0. The summed E-state index contributed by atoms with van der Waals surface area (Å²) >= 11 is 9.51. The van der Waals surface area contributed by atoms with Crippen molar-refractivity contribution in [3.63, 3.8) is 0 Å². The second kappa shape index (κ2) is 4.68. The van der Waals surface area contributed by atoms with Crippen molar-refractivity contribution in [1.29, 1.82) is 0 Å². The maximum Gasteiger partial charge on any atom is 0.183 e. The Morgan fingerprint density at radius 1 is 1.33 bits per heavy atom. The van der Waals surface area contributed by atoms with Crippen molar-refractivity contribution < 1.29 is 9.13 Å². The Labute approximate surface area is 120 Å². The molecule has 1 aromatic rings. The minimum atomic E-state index is -0.440. The zero-order valence-corrected chi connectivity index (χ0v) is 12.3. The Morgan fingerprint density at radius 2 is 2.06 bits per heavy atom. The average Bonchev–Trinajstić information content (AvgIpc) is 2.86. The molecule has 2 aliphatic rings. The van der Waals surface area contributed by atoms with Gasteiger partial charge in [-0.05, 0) is 31.4 Å². The van der Waals surface area contributed by atoms with E-state index in [2.05, 4.69) is 15.9 Å². The third kappa shape index (κ3) is 1.87. The predicted molar refractivity (Wildman–Crippen MR) is 74.1 cm³/mol. The quantitative estimate of drug-likeness (QED) is 0.696. The van der Waals surface area contributed by atoms with Gasteiger partial charge in [0, 0.05) is 10.2 Å². The van der Waals surface area contributed by atoms with Crippen LogP contribution >= 0.6 is 27.5 Å². The van der Waals surface area contributed by atoms with Crippen molar-refractivity contribution in [2.24, 2.45) is 5.41 Å². The lowest BCUT2D eigenvalue weighted by molar-refractivity contribution is -0.0324. The van der Waals surface area contributed by atoms with Crippen LogP contribution in [0, 0.1) is 11.2 Å². The van der Waals surface area contributed by atoms with Crippen molar-refractivity contribution in [1.82, 2.24) is 0 Å². The molecule has 18 heavy (non-hydrogen) atoms. The van der Waals surface area contributed by atoms with E-state index in [9.17, 15) is 4.39 Å². The molecular formula is C14H15BrClFO. The zero-order chi connectivity index (χ0) is 12.8. The molecule has 3 rings (SSSR count). The van der Waals surface area contributed by atoms with Gasteiger partial charge in [0.05, 0.1) is 5.02 Å². The zero-order valence-electron chi connectivity index (χ0n) is 9.96. The van der Waals surface area contributed by atoms with Gasteiger partial charge in [-0.15, -0.1) is 0 Å². The van der Waals surface area contributed by atoms with E-state index in [-0.39, 0.29) is 22.3 Å².